The van der Waals surface area contributed by atoms with Crippen LogP contribution in [0.4, 0.5) is 9.80 Å². The molecule has 2 rings (SSSR count). The van der Waals surface area contributed by atoms with Gasteiger partial charge in [0, 0.05) is 4.88 Å². The van der Waals surface area contributed by atoms with Gasteiger partial charge in [0.05, 0.1) is 5.56 Å². The van der Waals surface area contributed by atoms with Gasteiger partial charge in [-0.1, -0.05) is 45.0 Å². The minimum Gasteiger partial charge on any atom is -0.366 e. The highest BCUT2D eigenvalue weighted by atomic mass is 32.1. The van der Waals surface area contributed by atoms with Crippen LogP contribution in [0.15, 0.2) is 30.3 Å². The number of hydrogen-bond acceptors (Lipinski definition) is 3. The van der Waals surface area contributed by atoms with Crippen LogP contribution in [-0.4, -0.2) is 11.9 Å². The minimum atomic E-state index is -0.723. The number of urea groups is 1. The fourth-order valence-electron chi connectivity index (χ4n) is 2.06. The second-order valence-electron chi connectivity index (χ2n) is 6.03. The zero-order valence-corrected chi connectivity index (χ0v) is 13.6. The van der Waals surface area contributed by atoms with E-state index in [2.05, 4.69) is 38.2 Å². The molecular formula is C16H19N3O2S. The third-order valence-corrected chi connectivity index (χ3v) is 4.37. The van der Waals surface area contributed by atoms with E-state index < -0.39 is 11.9 Å². The molecule has 0 aliphatic heterocycles. The SMILES string of the molecule is CC(C)(C)c1ccc(-c2cc(C(N)=O)c(NC(N)=O)s2)cc1. The number of thiophene rings is 1. The first-order valence-electron chi connectivity index (χ1n) is 6.79. The number of benzene rings is 1. The largest absolute Gasteiger partial charge is 0.366 e. The van der Waals surface area contributed by atoms with E-state index in [0.29, 0.717) is 5.00 Å². The van der Waals surface area contributed by atoms with Crippen LogP contribution in [0.25, 0.3) is 10.4 Å². The molecular weight excluding hydrogens is 298 g/mol. The Balaban J connectivity index is 2.40. The van der Waals surface area contributed by atoms with E-state index in [1.807, 2.05) is 12.1 Å². The van der Waals surface area contributed by atoms with Crippen molar-refractivity contribution in [2.45, 2.75) is 26.2 Å². The van der Waals surface area contributed by atoms with Crippen LogP contribution in [0.1, 0.15) is 36.7 Å². The standard InChI is InChI=1S/C16H19N3O2S/c1-16(2,3)10-6-4-9(5-7-10)12-8-11(13(17)20)14(22-12)19-15(18)21/h4-8H,1-3H3,(H2,17,20)(H3,18,19,21). The molecule has 1 aromatic carbocycles. The maximum atomic E-state index is 11.5. The highest BCUT2D eigenvalue weighted by Crippen LogP contribution is 2.36. The summed E-state index contributed by atoms with van der Waals surface area (Å²) in [5.74, 6) is -0.599. The van der Waals surface area contributed by atoms with E-state index in [9.17, 15) is 9.59 Å². The number of primary amides is 2. The average Bonchev–Trinajstić information content (AvgIpc) is 2.81. The average molecular weight is 317 g/mol. The number of anilines is 1. The third-order valence-electron chi connectivity index (χ3n) is 3.27. The number of nitrogens with two attached hydrogens (primary N) is 2. The summed E-state index contributed by atoms with van der Waals surface area (Å²) in [7, 11) is 0. The van der Waals surface area contributed by atoms with Crippen LogP contribution in [0.2, 0.25) is 0 Å². The molecule has 0 aliphatic rings. The fraction of sp³-hybridized carbons (Fsp3) is 0.250. The number of hydrogen-bond donors (Lipinski definition) is 3. The summed E-state index contributed by atoms with van der Waals surface area (Å²) in [5.41, 5.74) is 13.0. The second-order valence-corrected chi connectivity index (χ2v) is 7.09. The predicted molar refractivity (Wildman–Crippen MR) is 90.2 cm³/mol. The van der Waals surface area contributed by atoms with Crippen LogP contribution in [0.5, 0.6) is 0 Å². The molecule has 0 aliphatic carbocycles. The molecule has 1 aromatic heterocycles. The second kappa shape index (κ2) is 5.81. The summed E-state index contributed by atoms with van der Waals surface area (Å²) in [4.78, 5) is 23.3. The molecule has 22 heavy (non-hydrogen) atoms. The summed E-state index contributed by atoms with van der Waals surface area (Å²) >= 11 is 1.27. The quantitative estimate of drug-likeness (QED) is 0.809. The molecule has 0 spiro atoms. The van der Waals surface area contributed by atoms with Gasteiger partial charge in [0.2, 0.25) is 0 Å². The van der Waals surface area contributed by atoms with Gasteiger partial charge in [-0.25, -0.2) is 4.79 Å². The monoisotopic (exact) mass is 317 g/mol. The number of rotatable bonds is 3. The van der Waals surface area contributed by atoms with Crippen LogP contribution in [0.3, 0.4) is 0 Å². The lowest BCUT2D eigenvalue weighted by atomic mass is 9.86. The van der Waals surface area contributed by atoms with E-state index in [-0.39, 0.29) is 11.0 Å². The van der Waals surface area contributed by atoms with Gasteiger partial charge in [0.1, 0.15) is 5.00 Å². The molecule has 3 amide bonds. The molecule has 0 bridgehead atoms. The summed E-state index contributed by atoms with van der Waals surface area (Å²) < 4.78 is 0. The van der Waals surface area contributed by atoms with E-state index in [1.165, 1.54) is 16.9 Å². The molecule has 5 N–H and O–H groups in total. The van der Waals surface area contributed by atoms with Crippen molar-refractivity contribution in [3.8, 4) is 10.4 Å². The number of amides is 3. The van der Waals surface area contributed by atoms with Crippen LogP contribution < -0.4 is 16.8 Å². The van der Waals surface area contributed by atoms with E-state index in [4.69, 9.17) is 11.5 Å². The van der Waals surface area contributed by atoms with Crippen molar-refractivity contribution >= 4 is 28.3 Å². The molecule has 0 atom stereocenters. The van der Waals surface area contributed by atoms with Gasteiger partial charge in [-0.05, 0) is 22.6 Å². The summed E-state index contributed by atoms with van der Waals surface area (Å²) in [5, 5.41) is 2.81. The first-order chi connectivity index (χ1) is 10.2. The van der Waals surface area contributed by atoms with Crippen molar-refractivity contribution in [1.82, 2.24) is 0 Å². The normalized spacial score (nSPS) is 11.2. The maximum absolute atomic E-state index is 11.5. The Morgan fingerprint density at radius 1 is 1.09 bits per heavy atom. The summed E-state index contributed by atoms with van der Waals surface area (Å²) in [6, 6.07) is 9.04. The first-order valence-corrected chi connectivity index (χ1v) is 7.61. The molecule has 0 saturated heterocycles. The molecule has 0 fully saturated rings. The Kier molecular flexibility index (Phi) is 4.23. The number of carbonyl (C=O) groups excluding carboxylic acids is 2. The summed E-state index contributed by atoms with van der Waals surface area (Å²) in [6.45, 7) is 6.44. The highest BCUT2D eigenvalue weighted by Gasteiger charge is 2.17. The summed E-state index contributed by atoms with van der Waals surface area (Å²) in [6.07, 6.45) is 0. The van der Waals surface area contributed by atoms with Crippen molar-refractivity contribution < 1.29 is 9.59 Å². The van der Waals surface area contributed by atoms with E-state index in [0.717, 1.165) is 10.4 Å². The Bertz CT molecular complexity index is 712. The van der Waals surface area contributed by atoms with Crippen molar-refractivity contribution in [3.63, 3.8) is 0 Å². The lowest BCUT2D eigenvalue weighted by Gasteiger charge is -2.18. The van der Waals surface area contributed by atoms with Crippen molar-refractivity contribution in [3.05, 3.63) is 41.5 Å². The molecule has 0 unspecified atom stereocenters. The molecule has 0 radical (unpaired) electrons. The van der Waals surface area contributed by atoms with Gasteiger partial charge >= 0.3 is 6.03 Å². The van der Waals surface area contributed by atoms with E-state index >= 15 is 0 Å². The number of nitrogens with one attached hydrogen (secondary N) is 1. The van der Waals surface area contributed by atoms with Crippen LogP contribution in [0, 0.1) is 0 Å². The van der Waals surface area contributed by atoms with Crippen molar-refractivity contribution in [2.24, 2.45) is 11.5 Å². The Morgan fingerprint density at radius 2 is 1.68 bits per heavy atom. The van der Waals surface area contributed by atoms with Gasteiger partial charge in [-0.3, -0.25) is 10.1 Å². The van der Waals surface area contributed by atoms with Crippen molar-refractivity contribution in [2.75, 3.05) is 5.32 Å². The Morgan fingerprint density at radius 3 is 2.14 bits per heavy atom. The number of carbonyl (C=O) groups is 2. The zero-order chi connectivity index (χ0) is 16.5. The fourth-order valence-corrected chi connectivity index (χ4v) is 3.13. The molecule has 5 nitrogen and oxygen atoms in total. The van der Waals surface area contributed by atoms with Crippen LogP contribution in [-0.2, 0) is 5.41 Å². The Hall–Kier alpha value is -2.34. The molecule has 1 heterocycles. The lowest BCUT2D eigenvalue weighted by Crippen LogP contribution is -2.21. The highest BCUT2D eigenvalue weighted by molar-refractivity contribution is 7.20. The lowest BCUT2D eigenvalue weighted by molar-refractivity contribution is 0.100. The van der Waals surface area contributed by atoms with Gasteiger partial charge < -0.3 is 11.5 Å². The smallest absolute Gasteiger partial charge is 0.317 e. The zero-order valence-electron chi connectivity index (χ0n) is 12.8. The maximum Gasteiger partial charge on any atom is 0.317 e. The predicted octanol–water partition coefficient (Wildman–Crippen LogP) is 3.30. The molecule has 6 heteroatoms. The molecule has 2 aromatic rings. The molecule has 116 valence electrons. The topological polar surface area (TPSA) is 98.2 Å². The third kappa shape index (κ3) is 3.46. The van der Waals surface area contributed by atoms with Crippen LogP contribution >= 0.6 is 11.3 Å². The molecule has 0 saturated carbocycles. The van der Waals surface area contributed by atoms with Gasteiger partial charge in [-0.2, -0.15) is 0 Å². The van der Waals surface area contributed by atoms with Gasteiger partial charge in [-0.15, -0.1) is 11.3 Å². The Labute approximate surface area is 133 Å². The van der Waals surface area contributed by atoms with E-state index in [1.54, 1.807) is 6.07 Å². The minimum absolute atomic E-state index is 0.0745. The van der Waals surface area contributed by atoms with Crippen molar-refractivity contribution in [1.29, 1.82) is 0 Å². The van der Waals surface area contributed by atoms with Gasteiger partial charge in [0.25, 0.3) is 5.91 Å². The first kappa shape index (κ1) is 16.0. The van der Waals surface area contributed by atoms with Gasteiger partial charge in [0.15, 0.2) is 0 Å².